The van der Waals surface area contributed by atoms with Gasteiger partial charge in [-0.05, 0) is 56.0 Å². The molecule has 202 valence electrons. The highest BCUT2D eigenvalue weighted by Crippen LogP contribution is 2.28. The van der Waals surface area contributed by atoms with Crippen LogP contribution in [0.15, 0.2) is 83.8 Å². The van der Waals surface area contributed by atoms with Gasteiger partial charge in [-0.2, -0.15) is 0 Å². The van der Waals surface area contributed by atoms with Crippen molar-refractivity contribution in [3.05, 3.63) is 95.6 Å². The zero-order valence-corrected chi connectivity index (χ0v) is 23.4. The molecule has 0 radical (unpaired) electrons. The molecule has 8 heteroatoms. The summed E-state index contributed by atoms with van der Waals surface area (Å²) >= 11 is 0. The van der Waals surface area contributed by atoms with Gasteiger partial charge in [0.05, 0.1) is 10.6 Å². The first kappa shape index (κ1) is 28.9. The number of aryl methyl sites for hydroxylation is 2. The second-order valence-corrected chi connectivity index (χ2v) is 11.1. The second-order valence-electron chi connectivity index (χ2n) is 9.28. The van der Waals surface area contributed by atoms with Crippen molar-refractivity contribution in [1.29, 1.82) is 0 Å². The van der Waals surface area contributed by atoms with Gasteiger partial charge in [0.2, 0.25) is 11.8 Å². The Morgan fingerprint density at radius 1 is 0.895 bits per heavy atom. The number of hydrogen-bond donors (Lipinski definition) is 1. The second kappa shape index (κ2) is 13.2. The smallest absolute Gasteiger partial charge is 0.264 e. The maximum atomic E-state index is 13.9. The zero-order chi connectivity index (χ0) is 27.7. The van der Waals surface area contributed by atoms with Crippen molar-refractivity contribution in [2.75, 3.05) is 17.4 Å². The Morgan fingerprint density at radius 3 is 2.16 bits per heavy atom. The third kappa shape index (κ3) is 7.01. The van der Waals surface area contributed by atoms with Gasteiger partial charge in [-0.25, -0.2) is 8.42 Å². The number of benzene rings is 3. The van der Waals surface area contributed by atoms with Crippen molar-refractivity contribution in [3.63, 3.8) is 0 Å². The SMILES string of the molecule is CCCNC(=O)[C@@H](C)N(Cc1ccc(C)cc1)C(=O)CN(c1ccccc1CC)S(=O)(=O)c1ccccc1. The fourth-order valence-corrected chi connectivity index (χ4v) is 5.63. The zero-order valence-electron chi connectivity index (χ0n) is 22.6. The minimum Gasteiger partial charge on any atom is -0.354 e. The molecule has 0 saturated carbocycles. The fraction of sp³-hybridized carbons (Fsp3) is 0.333. The number of rotatable bonds is 12. The highest BCUT2D eigenvalue weighted by atomic mass is 32.2. The number of nitrogens with zero attached hydrogens (tertiary/aromatic N) is 2. The number of para-hydroxylation sites is 1. The quantitative estimate of drug-likeness (QED) is 0.364. The maximum absolute atomic E-state index is 13.9. The van der Waals surface area contributed by atoms with Crippen molar-refractivity contribution in [2.45, 2.75) is 58.0 Å². The highest BCUT2D eigenvalue weighted by Gasteiger charge is 2.33. The van der Waals surface area contributed by atoms with E-state index >= 15 is 0 Å². The lowest BCUT2D eigenvalue weighted by Crippen LogP contribution is -2.51. The van der Waals surface area contributed by atoms with E-state index in [0.717, 1.165) is 23.1 Å². The maximum Gasteiger partial charge on any atom is 0.264 e. The molecule has 0 spiro atoms. The van der Waals surface area contributed by atoms with Crippen molar-refractivity contribution < 1.29 is 18.0 Å². The van der Waals surface area contributed by atoms with Crippen molar-refractivity contribution in [2.24, 2.45) is 0 Å². The van der Waals surface area contributed by atoms with Gasteiger partial charge in [0.15, 0.2) is 0 Å². The summed E-state index contributed by atoms with van der Waals surface area (Å²) in [4.78, 5) is 28.4. The molecule has 3 aromatic rings. The van der Waals surface area contributed by atoms with Gasteiger partial charge < -0.3 is 10.2 Å². The van der Waals surface area contributed by atoms with Crippen LogP contribution < -0.4 is 9.62 Å². The van der Waals surface area contributed by atoms with Gasteiger partial charge >= 0.3 is 0 Å². The van der Waals surface area contributed by atoms with E-state index in [9.17, 15) is 18.0 Å². The molecule has 0 aliphatic carbocycles. The third-order valence-electron chi connectivity index (χ3n) is 6.44. The van der Waals surface area contributed by atoms with Gasteiger partial charge in [0.1, 0.15) is 12.6 Å². The Bertz CT molecular complexity index is 1330. The van der Waals surface area contributed by atoms with E-state index < -0.39 is 28.5 Å². The van der Waals surface area contributed by atoms with Crippen LogP contribution >= 0.6 is 0 Å². The number of hydrogen-bond acceptors (Lipinski definition) is 4. The number of carbonyl (C=O) groups excluding carboxylic acids is 2. The first-order valence-corrected chi connectivity index (χ1v) is 14.4. The minimum atomic E-state index is -4.07. The Kier molecular flexibility index (Phi) is 10.1. The molecule has 0 fully saturated rings. The Hall–Kier alpha value is -3.65. The van der Waals surface area contributed by atoms with E-state index in [-0.39, 0.29) is 17.3 Å². The van der Waals surface area contributed by atoms with Crippen LogP contribution in [0.2, 0.25) is 0 Å². The molecule has 1 atom stereocenters. The van der Waals surface area contributed by atoms with E-state index in [4.69, 9.17) is 0 Å². The van der Waals surface area contributed by atoms with Crippen LogP contribution in [0, 0.1) is 6.92 Å². The van der Waals surface area contributed by atoms with Gasteiger partial charge in [0.25, 0.3) is 10.0 Å². The summed E-state index contributed by atoms with van der Waals surface area (Å²) in [5.41, 5.74) is 3.19. The lowest BCUT2D eigenvalue weighted by molar-refractivity contribution is -0.139. The standard InChI is InChI=1S/C30H37N3O4S/c1-5-20-31-30(35)24(4)32(21-25-18-16-23(3)17-19-25)29(34)22-33(28-15-11-10-12-26(28)6-2)38(36,37)27-13-8-7-9-14-27/h7-19,24H,5-6,20-22H2,1-4H3,(H,31,35)/t24-/m1/s1. The molecule has 0 unspecified atom stereocenters. The molecule has 0 aliphatic heterocycles. The minimum absolute atomic E-state index is 0.0949. The van der Waals surface area contributed by atoms with Crippen molar-refractivity contribution in [3.8, 4) is 0 Å². The largest absolute Gasteiger partial charge is 0.354 e. The van der Waals surface area contributed by atoms with Crippen LogP contribution in [0.1, 0.15) is 43.9 Å². The lowest BCUT2D eigenvalue weighted by Gasteiger charge is -2.32. The van der Waals surface area contributed by atoms with E-state index in [2.05, 4.69) is 5.32 Å². The summed E-state index contributed by atoms with van der Waals surface area (Å²) in [6, 6.07) is 22.2. The van der Waals surface area contributed by atoms with E-state index in [1.165, 1.54) is 21.3 Å². The van der Waals surface area contributed by atoms with Crippen LogP contribution in [-0.2, 0) is 32.6 Å². The normalized spacial score (nSPS) is 12.0. The van der Waals surface area contributed by atoms with Gasteiger partial charge in [0, 0.05) is 13.1 Å². The molecule has 3 aromatic carbocycles. The van der Waals surface area contributed by atoms with Crippen molar-refractivity contribution >= 4 is 27.5 Å². The number of carbonyl (C=O) groups is 2. The molecule has 38 heavy (non-hydrogen) atoms. The first-order chi connectivity index (χ1) is 18.2. The van der Waals surface area contributed by atoms with Gasteiger partial charge in [-0.15, -0.1) is 0 Å². The molecule has 0 saturated heterocycles. The van der Waals surface area contributed by atoms with E-state index in [1.54, 1.807) is 37.3 Å². The predicted octanol–water partition coefficient (Wildman–Crippen LogP) is 4.70. The fourth-order valence-electron chi connectivity index (χ4n) is 4.15. The molecular formula is C30H37N3O4S. The summed E-state index contributed by atoms with van der Waals surface area (Å²) in [5.74, 6) is -0.742. The Morgan fingerprint density at radius 2 is 1.53 bits per heavy atom. The van der Waals surface area contributed by atoms with Gasteiger partial charge in [-0.3, -0.25) is 13.9 Å². The summed E-state index contributed by atoms with van der Waals surface area (Å²) in [7, 11) is -4.07. The van der Waals surface area contributed by atoms with Gasteiger partial charge in [-0.1, -0.05) is 80.1 Å². The molecule has 1 N–H and O–H groups in total. The molecule has 7 nitrogen and oxygen atoms in total. The molecule has 0 bridgehead atoms. The Balaban J connectivity index is 2.04. The molecule has 2 amide bonds. The average molecular weight is 536 g/mol. The number of nitrogens with one attached hydrogen (secondary N) is 1. The predicted molar refractivity (Wildman–Crippen MR) is 151 cm³/mol. The van der Waals surface area contributed by atoms with Crippen LogP contribution in [0.5, 0.6) is 0 Å². The molecule has 0 heterocycles. The molecule has 3 rings (SSSR count). The van der Waals surface area contributed by atoms with E-state index in [0.29, 0.717) is 18.7 Å². The topological polar surface area (TPSA) is 86.8 Å². The Labute approximate surface area is 226 Å². The third-order valence-corrected chi connectivity index (χ3v) is 8.22. The number of anilines is 1. The van der Waals surface area contributed by atoms with Crippen LogP contribution in [0.4, 0.5) is 5.69 Å². The first-order valence-electron chi connectivity index (χ1n) is 13.0. The summed E-state index contributed by atoms with van der Waals surface area (Å²) in [5, 5.41) is 2.86. The highest BCUT2D eigenvalue weighted by molar-refractivity contribution is 7.92. The summed E-state index contributed by atoms with van der Waals surface area (Å²) < 4.78 is 28.9. The number of amides is 2. The molecule has 0 aromatic heterocycles. The van der Waals surface area contributed by atoms with Crippen LogP contribution in [0.3, 0.4) is 0 Å². The van der Waals surface area contributed by atoms with Crippen molar-refractivity contribution in [1.82, 2.24) is 10.2 Å². The van der Waals surface area contributed by atoms with Crippen LogP contribution in [0.25, 0.3) is 0 Å². The average Bonchev–Trinajstić information content (AvgIpc) is 2.94. The molecule has 0 aliphatic rings. The number of sulfonamides is 1. The monoisotopic (exact) mass is 535 g/mol. The summed E-state index contributed by atoms with van der Waals surface area (Å²) in [6.07, 6.45) is 1.36. The molecular weight excluding hydrogens is 498 g/mol. The van der Waals surface area contributed by atoms with Crippen LogP contribution in [-0.4, -0.2) is 44.3 Å². The summed E-state index contributed by atoms with van der Waals surface area (Å²) in [6.45, 7) is 7.78. The van der Waals surface area contributed by atoms with E-state index in [1.807, 2.05) is 57.2 Å². The lowest BCUT2D eigenvalue weighted by atomic mass is 10.1.